The van der Waals surface area contributed by atoms with Crippen LogP contribution in [0, 0.1) is 0 Å². The number of hydrogen-bond donors (Lipinski definition) is 3. The fraction of sp³-hybridized carbons (Fsp3) is 0.300. The standard InChI is InChI=1S/C30H32F3N5O3/c1-19(35-29(41)25-17-28(40)38(36-25)26-10-5-4-9-23(26)30(31,32)33)11-12-20-13-14-24(27(39)16-20)34-18-21-7-6-8-22(15-21)37(2)3/h4-10,13-16,19,34,39H,11-12,17-18H2,1-3H3,(H,35,41)/t19-/m0/s1. The predicted octanol–water partition coefficient (Wildman–Crippen LogP) is 5.32. The number of para-hydroxylation sites is 1. The number of amides is 2. The molecule has 1 atom stereocenters. The molecule has 0 radical (unpaired) electrons. The van der Waals surface area contributed by atoms with Crippen LogP contribution >= 0.6 is 0 Å². The number of nitrogens with zero attached hydrogens (tertiary/aromatic N) is 3. The van der Waals surface area contributed by atoms with Gasteiger partial charge in [-0.25, -0.2) is 0 Å². The fourth-order valence-electron chi connectivity index (χ4n) is 4.43. The number of alkyl halides is 3. The first kappa shape index (κ1) is 29.4. The van der Waals surface area contributed by atoms with Crippen LogP contribution in [0.5, 0.6) is 5.75 Å². The van der Waals surface area contributed by atoms with Crippen LogP contribution < -0.4 is 20.5 Å². The van der Waals surface area contributed by atoms with Crippen molar-refractivity contribution in [2.75, 3.05) is 29.3 Å². The maximum atomic E-state index is 13.4. The molecule has 0 saturated carbocycles. The van der Waals surface area contributed by atoms with Crippen LogP contribution in [-0.2, 0) is 28.7 Å². The molecule has 216 valence electrons. The van der Waals surface area contributed by atoms with E-state index in [1.165, 1.54) is 12.1 Å². The lowest BCUT2D eigenvalue weighted by atomic mass is 10.0. The van der Waals surface area contributed by atoms with Crippen LogP contribution in [0.2, 0.25) is 0 Å². The molecule has 0 bridgehead atoms. The van der Waals surface area contributed by atoms with Gasteiger partial charge in [0, 0.05) is 32.4 Å². The number of benzene rings is 3. The van der Waals surface area contributed by atoms with Gasteiger partial charge in [-0.1, -0.05) is 30.3 Å². The summed E-state index contributed by atoms with van der Waals surface area (Å²) < 4.78 is 40.2. The zero-order valence-electron chi connectivity index (χ0n) is 23.0. The minimum Gasteiger partial charge on any atom is -0.506 e. The lowest BCUT2D eigenvalue weighted by Gasteiger charge is -2.17. The molecular weight excluding hydrogens is 535 g/mol. The largest absolute Gasteiger partial charge is 0.506 e. The van der Waals surface area contributed by atoms with Crippen molar-refractivity contribution in [2.24, 2.45) is 5.10 Å². The number of nitrogens with one attached hydrogen (secondary N) is 2. The Bertz CT molecular complexity index is 1460. The highest BCUT2D eigenvalue weighted by Gasteiger charge is 2.38. The van der Waals surface area contributed by atoms with Gasteiger partial charge in [0.15, 0.2) is 0 Å². The molecule has 3 N–H and O–H groups in total. The SMILES string of the molecule is C[C@@H](CCc1ccc(NCc2cccc(N(C)C)c2)c(O)c1)NC(=O)C1=NN(c2ccccc2C(F)(F)F)C(=O)C1. The van der Waals surface area contributed by atoms with Crippen LogP contribution in [0.4, 0.5) is 30.2 Å². The third-order valence-corrected chi connectivity index (χ3v) is 6.69. The summed E-state index contributed by atoms with van der Waals surface area (Å²) in [6.45, 7) is 2.33. The van der Waals surface area contributed by atoms with E-state index in [2.05, 4.69) is 21.8 Å². The Kier molecular flexibility index (Phi) is 8.85. The number of aromatic hydroxyl groups is 1. The monoisotopic (exact) mass is 567 g/mol. The molecule has 2 amide bonds. The number of aryl methyl sites for hydroxylation is 1. The number of hydrogen-bond acceptors (Lipinski definition) is 6. The molecule has 0 spiro atoms. The van der Waals surface area contributed by atoms with E-state index >= 15 is 0 Å². The molecule has 1 aliphatic rings. The number of rotatable bonds is 10. The number of anilines is 3. The highest BCUT2D eigenvalue weighted by Crippen LogP contribution is 2.37. The van der Waals surface area contributed by atoms with Gasteiger partial charge in [-0.05, 0) is 67.3 Å². The summed E-state index contributed by atoms with van der Waals surface area (Å²) in [5.41, 5.74) is 2.06. The van der Waals surface area contributed by atoms with E-state index in [9.17, 15) is 27.9 Å². The van der Waals surface area contributed by atoms with Crippen molar-refractivity contribution in [1.29, 1.82) is 0 Å². The third kappa shape index (κ3) is 7.36. The van der Waals surface area contributed by atoms with Crippen LogP contribution in [-0.4, -0.2) is 42.8 Å². The Morgan fingerprint density at radius 3 is 2.54 bits per heavy atom. The molecular formula is C30H32F3N5O3. The van der Waals surface area contributed by atoms with Crippen molar-refractivity contribution < 1.29 is 27.9 Å². The Morgan fingerprint density at radius 1 is 1.07 bits per heavy atom. The third-order valence-electron chi connectivity index (χ3n) is 6.69. The number of carbonyl (C=O) groups excluding carboxylic acids is 2. The minimum atomic E-state index is -4.67. The second-order valence-electron chi connectivity index (χ2n) is 10.1. The Morgan fingerprint density at radius 2 is 1.83 bits per heavy atom. The van der Waals surface area contributed by atoms with Gasteiger partial charge in [0.1, 0.15) is 11.5 Å². The van der Waals surface area contributed by atoms with Gasteiger partial charge >= 0.3 is 6.18 Å². The maximum absolute atomic E-state index is 13.4. The van der Waals surface area contributed by atoms with Gasteiger partial charge in [-0.2, -0.15) is 23.3 Å². The minimum absolute atomic E-state index is 0.112. The Hall–Kier alpha value is -4.54. The van der Waals surface area contributed by atoms with Gasteiger partial charge in [-0.15, -0.1) is 0 Å². The van der Waals surface area contributed by atoms with E-state index in [0.29, 0.717) is 30.1 Å². The predicted molar refractivity (Wildman–Crippen MR) is 153 cm³/mol. The van der Waals surface area contributed by atoms with Gasteiger partial charge < -0.3 is 20.6 Å². The van der Waals surface area contributed by atoms with Gasteiger partial charge in [0.25, 0.3) is 11.8 Å². The lowest BCUT2D eigenvalue weighted by molar-refractivity contribution is -0.137. The number of hydrazone groups is 1. The molecule has 3 aromatic rings. The molecule has 0 aromatic heterocycles. The summed E-state index contributed by atoms with van der Waals surface area (Å²) in [5.74, 6) is -1.21. The molecule has 1 heterocycles. The van der Waals surface area contributed by atoms with Crippen molar-refractivity contribution in [3.63, 3.8) is 0 Å². The average Bonchev–Trinajstić information content (AvgIpc) is 3.32. The molecule has 3 aromatic carbocycles. The fourth-order valence-corrected chi connectivity index (χ4v) is 4.43. The second kappa shape index (κ2) is 12.3. The van der Waals surface area contributed by atoms with Crippen LogP contribution in [0.15, 0.2) is 71.8 Å². The van der Waals surface area contributed by atoms with Crippen LogP contribution in [0.1, 0.15) is 36.5 Å². The quantitative estimate of drug-likeness (QED) is 0.288. The van der Waals surface area contributed by atoms with Gasteiger partial charge in [0.2, 0.25) is 0 Å². The summed E-state index contributed by atoms with van der Waals surface area (Å²) in [7, 11) is 3.95. The average molecular weight is 568 g/mol. The number of carbonyl (C=O) groups is 2. The van der Waals surface area contributed by atoms with E-state index in [0.717, 1.165) is 28.9 Å². The van der Waals surface area contributed by atoms with E-state index in [-0.39, 0.29) is 17.5 Å². The molecule has 8 nitrogen and oxygen atoms in total. The van der Waals surface area contributed by atoms with E-state index in [1.807, 2.05) is 43.3 Å². The van der Waals surface area contributed by atoms with Crippen molar-refractivity contribution >= 4 is 34.6 Å². The summed E-state index contributed by atoms with van der Waals surface area (Å²) in [4.78, 5) is 27.2. The van der Waals surface area contributed by atoms with Crippen LogP contribution in [0.25, 0.3) is 0 Å². The lowest BCUT2D eigenvalue weighted by Crippen LogP contribution is -2.37. The maximum Gasteiger partial charge on any atom is 0.418 e. The highest BCUT2D eigenvalue weighted by molar-refractivity contribution is 6.44. The molecule has 0 aliphatic carbocycles. The van der Waals surface area contributed by atoms with Crippen molar-refractivity contribution in [1.82, 2.24) is 5.32 Å². The first-order valence-corrected chi connectivity index (χ1v) is 13.1. The zero-order valence-corrected chi connectivity index (χ0v) is 23.0. The Labute approximate surface area is 236 Å². The summed E-state index contributed by atoms with van der Waals surface area (Å²) in [6, 6.07) is 17.7. The highest BCUT2D eigenvalue weighted by atomic mass is 19.4. The summed E-state index contributed by atoms with van der Waals surface area (Å²) in [6.07, 6.45) is -3.99. The molecule has 0 unspecified atom stereocenters. The first-order chi connectivity index (χ1) is 19.4. The first-order valence-electron chi connectivity index (χ1n) is 13.1. The van der Waals surface area contributed by atoms with Gasteiger partial charge in [-0.3, -0.25) is 9.59 Å². The number of halogens is 3. The van der Waals surface area contributed by atoms with Crippen molar-refractivity contribution in [3.8, 4) is 5.75 Å². The topological polar surface area (TPSA) is 97.3 Å². The molecule has 41 heavy (non-hydrogen) atoms. The summed E-state index contributed by atoms with van der Waals surface area (Å²) >= 11 is 0. The molecule has 0 fully saturated rings. The van der Waals surface area contributed by atoms with E-state index in [1.54, 1.807) is 19.1 Å². The molecule has 1 aliphatic heterocycles. The van der Waals surface area contributed by atoms with E-state index in [4.69, 9.17) is 0 Å². The number of phenols is 1. The Balaban J connectivity index is 1.31. The second-order valence-corrected chi connectivity index (χ2v) is 10.1. The van der Waals surface area contributed by atoms with Gasteiger partial charge in [0.05, 0.1) is 23.4 Å². The summed E-state index contributed by atoms with van der Waals surface area (Å²) in [5, 5.41) is 21.1. The normalized spacial score (nSPS) is 14.0. The molecule has 4 rings (SSSR count). The zero-order chi connectivity index (χ0) is 29.7. The smallest absolute Gasteiger partial charge is 0.418 e. The molecule has 0 saturated heterocycles. The number of phenolic OH excluding ortho intramolecular Hbond substituents is 1. The van der Waals surface area contributed by atoms with Crippen molar-refractivity contribution in [2.45, 2.75) is 44.9 Å². The van der Waals surface area contributed by atoms with Crippen LogP contribution in [0.3, 0.4) is 0 Å². The molecule has 11 heteroatoms. The van der Waals surface area contributed by atoms with E-state index < -0.39 is 35.7 Å². The van der Waals surface area contributed by atoms with Crippen molar-refractivity contribution in [3.05, 3.63) is 83.4 Å².